The SMILES string of the molecule is Clc1csc2cc(-c3ccccc3)ccc12. The van der Waals surface area contributed by atoms with Crippen molar-refractivity contribution in [1.82, 2.24) is 0 Å². The van der Waals surface area contributed by atoms with Gasteiger partial charge in [0.05, 0.1) is 5.02 Å². The van der Waals surface area contributed by atoms with Crippen LogP contribution in [0.2, 0.25) is 5.02 Å². The largest absolute Gasteiger partial charge is 0.142 e. The molecule has 0 fully saturated rings. The minimum Gasteiger partial charge on any atom is -0.142 e. The van der Waals surface area contributed by atoms with Gasteiger partial charge in [-0.15, -0.1) is 11.3 Å². The number of hydrogen-bond acceptors (Lipinski definition) is 1. The Bertz CT molecular complexity index is 626. The van der Waals surface area contributed by atoms with Crippen molar-refractivity contribution in [2.45, 2.75) is 0 Å². The van der Waals surface area contributed by atoms with E-state index in [1.165, 1.54) is 15.8 Å². The lowest BCUT2D eigenvalue weighted by Crippen LogP contribution is -1.75. The second-order valence-corrected chi connectivity index (χ2v) is 4.98. The molecule has 0 nitrogen and oxygen atoms in total. The molecular weight excluding hydrogens is 236 g/mol. The van der Waals surface area contributed by atoms with Gasteiger partial charge < -0.3 is 0 Å². The van der Waals surface area contributed by atoms with Gasteiger partial charge in [-0.05, 0) is 17.2 Å². The molecule has 3 rings (SSSR count). The van der Waals surface area contributed by atoms with Crippen LogP contribution in [0.15, 0.2) is 53.9 Å². The van der Waals surface area contributed by atoms with Crippen LogP contribution in [0.25, 0.3) is 21.2 Å². The first-order valence-corrected chi connectivity index (χ1v) is 6.32. The molecule has 0 amide bonds. The summed E-state index contributed by atoms with van der Waals surface area (Å²) in [5.74, 6) is 0. The molecular formula is C14H9ClS. The lowest BCUT2D eigenvalue weighted by atomic mass is 10.1. The molecule has 0 aliphatic rings. The van der Waals surface area contributed by atoms with Crippen LogP contribution < -0.4 is 0 Å². The van der Waals surface area contributed by atoms with Crippen molar-refractivity contribution in [2.24, 2.45) is 0 Å². The van der Waals surface area contributed by atoms with Crippen LogP contribution >= 0.6 is 22.9 Å². The summed E-state index contributed by atoms with van der Waals surface area (Å²) in [4.78, 5) is 0. The van der Waals surface area contributed by atoms with Gasteiger partial charge in [0.1, 0.15) is 0 Å². The lowest BCUT2D eigenvalue weighted by molar-refractivity contribution is 1.66. The van der Waals surface area contributed by atoms with E-state index in [0.717, 1.165) is 10.4 Å². The molecule has 0 atom stereocenters. The summed E-state index contributed by atoms with van der Waals surface area (Å²) in [6.07, 6.45) is 0. The van der Waals surface area contributed by atoms with Gasteiger partial charge in [-0.2, -0.15) is 0 Å². The van der Waals surface area contributed by atoms with Crippen LogP contribution in [0.1, 0.15) is 0 Å². The van der Waals surface area contributed by atoms with E-state index >= 15 is 0 Å². The molecule has 1 heterocycles. The third-order valence-corrected chi connectivity index (χ3v) is 4.02. The number of thiophene rings is 1. The summed E-state index contributed by atoms with van der Waals surface area (Å²) in [5.41, 5.74) is 2.49. The van der Waals surface area contributed by atoms with Crippen LogP contribution in [0, 0.1) is 0 Å². The fraction of sp³-hybridized carbons (Fsp3) is 0. The maximum atomic E-state index is 6.08. The number of benzene rings is 2. The van der Waals surface area contributed by atoms with Crippen molar-refractivity contribution >= 4 is 33.0 Å². The first-order chi connectivity index (χ1) is 7.84. The predicted molar refractivity (Wildman–Crippen MR) is 72.3 cm³/mol. The summed E-state index contributed by atoms with van der Waals surface area (Å²) in [6, 6.07) is 16.8. The summed E-state index contributed by atoms with van der Waals surface area (Å²) >= 11 is 7.77. The standard InChI is InChI=1S/C14H9ClS/c15-13-9-16-14-8-11(6-7-12(13)14)10-4-2-1-3-5-10/h1-9H. The lowest BCUT2D eigenvalue weighted by Gasteiger charge is -2.01. The zero-order valence-corrected chi connectivity index (χ0v) is 10.1. The number of fused-ring (bicyclic) bond motifs is 1. The fourth-order valence-electron chi connectivity index (χ4n) is 1.81. The Morgan fingerprint density at radius 1 is 0.875 bits per heavy atom. The Hall–Kier alpha value is -1.31. The zero-order chi connectivity index (χ0) is 11.0. The van der Waals surface area contributed by atoms with Crippen LogP contribution in [0.4, 0.5) is 0 Å². The normalized spacial score (nSPS) is 10.8. The molecule has 0 unspecified atom stereocenters. The Balaban J connectivity index is 2.19. The third kappa shape index (κ3) is 1.62. The van der Waals surface area contributed by atoms with Crippen molar-refractivity contribution in [1.29, 1.82) is 0 Å². The maximum absolute atomic E-state index is 6.08. The van der Waals surface area contributed by atoms with Crippen LogP contribution in [-0.4, -0.2) is 0 Å². The predicted octanol–water partition coefficient (Wildman–Crippen LogP) is 5.22. The van der Waals surface area contributed by atoms with E-state index in [1.54, 1.807) is 11.3 Å². The highest BCUT2D eigenvalue weighted by Crippen LogP contribution is 2.33. The molecule has 0 spiro atoms. The Kier molecular flexibility index (Phi) is 2.43. The molecule has 16 heavy (non-hydrogen) atoms. The Morgan fingerprint density at radius 2 is 1.69 bits per heavy atom. The molecule has 0 aliphatic heterocycles. The fourth-order valence-corrected chi connectivity index (χ4v) is 3.02. The molecule has 0 bridgehead atoms. The van der Waals surface area contributed by atoms with Crippen molar-refractivity contribution < 1.29 is 0 Å². The van der Waals surface area contributed by atoms with E-state index in [9.17, 15) is 0 Å². The van der Waals surface area contributed by atoms with Crippen molar-refractivity contribution in [3.05, 3.63) is 58.9 Å². The molecule has 78 valence electrons. The van der Waals surface area contributed by atoms with Crippen LogP contribution in [0.5, 0.6) is 0 Å². The molecule has 0 N–H and O–H groups in total. The van der Waals surface area contributed by atoms with E-state index in [0.29, 0.717) is 0 Å². The molecule has 0 aliphatic carbocycles. The van der Waals surface area contributed by atoms with Gasteiger partial charge in [-0.3, -0.25) is 0 Å². The average Bonchev–Trinajstić information content (AvgIpc) is 2.72. The third-order valence-electron chi connectivity index (χ3n) is 2.64. The second-order valence-electron chi connectivity index (χ2n) is 3.66. The van der Waals surface area contributed by atoms with Crippen molar-refractivity contribution in [3.8, 4) is 11.1 Å². The number of halogens is 1. The summed E-state index contributed by atoms with van der Waals surface area (Å²) in [7, 11) is 0. The van der Waals surface area contributed by atoms with E-state index in [2.05, 4.69) is 42.5 Å². The van der Waals surface area contributed by atoms with E-state index in [4.69, 9.17) is 11.6 Å². The molecule has 0 radical (unpaired) electrons. The monoisotopic (exact) mass is 244 g/mol. The highest BCUT2D eigenvalue weighted by Gasteiger charge is 2.03. The molecule has 2 aromatic carbocycles. The van der Waals surface area contributed by atoms with Gasteiger partial charge in [-0.25, -0.2) is 0 Å². The van der Waals surface area contributed by atoms with Gasteiger partial charge in [0.25, 0.3) is 0 Å². The number of hydrogen-bond donors (Lipinski definition) is 0. The molecule has 1 aromatic heterocycles. The van der Waals surface area contributed by atoms with Crippen molar-refractivity contribution in [2.75, 3.05) is 0 Å². The quantitative estimate of drug-likeness (QED) is 0.550. The highest BCUT2D eigenvalue weighted by molar-refractivity contribution is 7.17. The highest BCUT2D eigenvalue weighted by atomic mass is 35.5. The zero-order valence-electron chi connectivity index (χ0n) is 8.48. The van der Waals surface area contributed by atoms with Gasteiger partial charge >= 0.3 is 0 Å². The maximum Gasteiger partial charge on any atom is 0.0591 e. The molecule has 2 heteroatoms. The van der Waals surface area contributed by atoms with Gasteiger partial charge in [-0.1, -0.05) is 54.1 Å². The summed E-state index contributed by atoms with van der Waals surface area (Å²) < 4.78 is 1.24. The molecule has 0 saturated heterocycles. The van der Waals surface area contributed by atoms with Gasteiger partial charge in [0.2, 0.25) is 0 Å². The molecule has 0 saturated carbocycles. The average molecular weight is 245 g/mol. The van der Waals surface area contributed by atoms with Crippen molar-refractivity contribution in [3.63, 3.8) is 0 Å². The van der Waals surface area contributed by atoms with E-state index in [1.807, 2.05) is 11.4 Å². The van der Waals surface area contributed by atoms with E-state index in [-0.39, 0.29) is 0 Å². The van der Waals surface area contributed by atoms with Crippen LogP contribution in [-0.2, 0) is 0 Å². The smallest absolute Gasteiger partial charge is 0.0591 e. The minimum atomic E-state index is 0.847. The number of rotatable bonds is 1. The molecule has 3 aromatic rings. The minimum absolute atomic E-state index is 0.847. The summed E-state index contributed by atoms with van der Waals surface area (Å²) in [5, 5.41) is 3.98. The second kappa shape index (κ2) is 3.93. The Morgan fingerprint density at radius 3 is 2.50 bits per heavy atom. The van der Waals surface area contributed by atoms with Crippen LogP contribution in [0.3, 0.4) is 0 Å². The summed E-state index contributed by atoms with van der Waals surface area (Å²) in [6.45, 7) is 0. The van der Waals surface area contributed by atoms with Gasteiger partial charge in [0.15, 0.2) is 0 Å². The first-order valence-electron chi connectivity index (χ1n) is 5.07. The topological polar surface area (TPSA) is 0 Å². The Labute approximate surface area is 103 Å². The van der Waals surface area contributed by atoms with Gasteiger partial charge in [0, 0.05) is 15.5 Å². The van der Waals surface area contributed by atoms with E-state index < -0.39 is 0 Å². The first kappa shape index (κ1) is 9.88.